The highest BCUT2D eigenvalue weighted by molar-refractivity contribution is 6.01. The first-order chi connectivity index (χ1) is 12.6. The second-order valence-corrected chi connectivity index (χ2v) is 6.82. The number of H-pyrrole nitrogens is 1. The molecular weight excluding hydrogens is 330 g/mol. The van der Waals surface area contributed by atoms with Crippen molar-refractivity contribution in [1.29, 1.82) is 0 Å². The topological polar surface area (TPSA) is 77.6 Å². The molecule has 1 aromatic heterocycles. The SMILES string of the molecule is COCCN(C)CCNC(=C1CCC1)c1cc2c(C=O)c(O)ccc2[nH]1. The number of aldehydes is 1. The maximum Gasteiger partial charge on any atom is 0.154 e. The minimum absolute atomic E-state index is 0.0172. The number of carbonyl (C=O) groups excluding carboxylic acids is 1. The molecule has 0 aliphatic heterocycles. The molecule has 1 aliphatic carbocycles. The zero-order chi connectivity index (χ0) is 18.5. The maximum absolute atomic E-state index is 11.3. The number of hydrogen-bond donors (Lipinski definition) is 3. The Hall–Kier alpha value is -2.31. The molecule has 0 radical (unpaired) electrons. The summed E-state index contributed by atoms with van der Waals surface area (Å²) in [6.45, 7) is 3.38. The Morgan fingerprint density at radius 3 is 2.85 bits per heavy atom. The van der Waals surface area contributed by atoms with Gasteiger partial charge >= 0.3 is 0 Å². The molecule has 1 aromatic carbocycles. The van der Waals surface area contributed by atoms with Crippen LogP contribution in [-0.2, 0) is 4.74 Å². The first-order valence-electron chi connectivity index (χ1n) is 9.07. The van der Waals surface area contributed by atoms with Gasteiger partial charge < -0.3 is 25.0 Å². The first kappa shape index (κ1) is 18.5. The smallest absolute Gasteiger partial charge is 0.154 e. The van der Waals surface area contributed by atoms with E-state index in [2.05, 4.69) is 22.2 Å². The number of ether oxygens (including phenoxy) is 1. The van der Waals surface area contributed by atoms with Crippen molar-refractivity contribution in [2.45, 2.75) is 19.3 Å². The second kappa shape index (κ2) is 8.38. The minimum Gasteiger partial charge on any atom is -0.507 e. The van der Waals surface area contributed by atoms with Gasteiger partial charge in [0.2, 0.25) is 0 Å². The molecule has 0 amide bonds. The van der Waals surface area contributed by atoms with Crippen molar-refractivity contribution in [1.82, 2.24) is 15.2 Å². The number of fused-ring (bicyclic) bond motifs is 1. The number of aromatic hydroxyl groups is 1. The van der Waals surface area contributed by atoms with Crippen LogP contribution in [0.2, 0.25) is 0 Å². The standard InChI is InChI=1S/C20H27N3O3/c1-23(10-11-26-2)9-8-21-20(14-4-3-5-14)18-12-15-16(13-24)19(25)7-6-17(15)22-18/h6-7,12-13,21-22,25H,3-5,8-11H2,1-2H3. The zero-order valence-electron chi connectivity index (χ0n) is 15.5. The van der Waals surface area contributed by atoms with Gasteiger partial charge in [0.25, 0.3) is 0 Å². The number of benzene rings is 1. The predicted octanol–water partition coefficient (Wildman–Crippen LogP) is 2.75. The summed E-state index contributed by atoms with van der Waals surface area (Å²) < 4.78 is 5.11. The molecule has 1 aliphatic rings. The third kappa shape index (κ3) is 3.92. The van der Waals surface area contributed by atoms with E-state index in [0.29, 0.717) is 11.8 Å². The number of aromatic amines is 1. The van der Waals surface area contributed by atoms with Crippen LogP contribution in [0.15, 0.2) is 23.8 Å². The lowest BCUT2D eigenvalue weighted by Gasteiger charge is -2.24. The highest BCUT2D eigenvalue weighted by Crippen LogP contribution is 2.34. The Bertz CT molecular complexity index is 804. The lowest BCUT2D eigenvalue weighted by molar-refractivity contribution is 0.112. The molecule has 0 saturated heterocycles. The van der Waals surface area contributed by atoms with Crippen LogP contribution in [0.5, 0.6) is 5.75 Å². The van der Waals surface area contributed by atoms with E-state index in [1.165, 1.54) is 12.0 Å². The Labute approximate surface area is 153 Å². The summed E-state index contributed by atoms with van der Waals surface area (Å²) in [5.74, 6) is 0.0172. The summed E-state index contributed by atoms with van der Waals surface area (Å²) in [6.07, 6.45) is 4.13. The summed E-state index contributed by atoms with van der Waals surface area (Å²) in [6, 6.07) is 5.32. The van der Waals surface area contributed by atoms with Gasteiger partial charge in [-0.2, -0.15) is 0 Å². The van der Waals surface area contributed by atoms with E-state index >= 15 is 0 Å². The van der Waals surface area contributed by atoms with Crippen molar-refractivity contribution in [2.75, 3.05) is 40.4 Å². The number of aromatic nitrogens is 1. The number of rotatable bonds is 9. The Balaban J connectivity index is 1.79. The molecule has 3 rings (SSSR count). The molecule has 1 fully saturated rings. The lowest BCUT2D eigenvalue weighted by Crippen LogP contribution is -2.31. The molecule has 3 N–H and O–H groups in total. The van der Waals surface area contributed by atoms with Crippen LogP contribution in [0.1, 0.15) is 35.3 Å². The fraction of sp³-hybridized carbons (Fsp3) is 0.450. The normalized spacial score (nSPS) is 13.9. The average molecular weight is 357 g/mol. The van der Waals surface area contributed by atoms with Gasteiger partial charge in [0, 0.05) is 37.6 Å². The van der Waals surface area contributed by atoms with Crippen LogP contribution in [0.4, 0.5) is 0 Å². The Morgan fingerprint density at radius 1 is 1.38 bits per heavy atom. The number of nitrogens with zero attached hydrogens (tertiary/aromatic N) is 1. The number of hydrogen-bond acceptors (Lipinski definition) is 5. The van der Waals surface area contributed by atoms with Crippen LogP contribution in [0.3, 0.4) is 0 Å². The summed E-state index contributed by atoms with van der Waals surface area (Å²) in [5, 5.41) is 14.2. The Kier molecular flexibility index (Phi) is 5.96. The van der Waals surface area contributed by atoms with Crippen molar-refractivity contribution in [3.05, 3.63) is 35.0 Å². The van der Waals surface area contributed by atoms with Crippen molar-refractivity contribution < 1.29 is 14.6 Å². The quantitative estimate of drug-likeness (QED) is 0.602. The van der Waals surface area contributed by atoms with Crippen molar-refractivity contribution in [3.8, 4) is 5.75 Å². The molecule has 1 heterocycles. The van der Waals surface area contributed by atoms with Gasteiger partial charge in [-0.25, -0.2) is 0 Å². The fourth-order valence-electron chi connectivity index (χ4n) is 3.22. The molecule has 1 saturated carbocycles. The van der Waals surface area contributed by atoms with E-state index in [4.69, 9.17) is 4.74 Å². The van der Waals surface area contributed by atoms with E-state index in [1.54, 1.807) is 13.2 Å². The van der Waals surface area contributed by atoms with Gasteiger partial charge in [0.1, 0.15) is 5.75 Å². The number of phenolic OH excluding ortho intramolecular Hbond substituents is 1. The highest BCUT2D eigenvalue weighted by Gasteiger charge is 2.19. The molecule has 6 heteroatoms. The maximum atomic E-state index is 11.3. The number of methoxy groups -OCH3 is 1. The molecule has 0 unspecified atom stereocenters. The lowest BCUT2D eigenvalue weighted by atomic mass is 9.89. The van der Waals surface area contributed by atoms with Gasteiger partial charge in [0.15, 0.2) is 6.29 Å². The third-order valence-electron chi connectivity index (χ3n) is 4.99. The van der Waals surface area contributed by atoms with Crippen molar-refractivity contribution in [3.63, 3.8) is 0 Å². The van der Waals surface area contributed by atoms with E-state index in [1.807, 2.05) is 12.1 Å². The molecule has 0 bridgehead atoms. The molecule has 0 atom stereocenters. The molecular formula is C20H27N3O3. The average Bonchev–Trinajstić information content (AvgIpc) is 3.01. The van der Waals surface area contributed by atoms with Crippen LogP contribution >= 0.6 is 0 Å². The van der Waals surface area contributed by atoms with Crippen LogP contribution in [0.25, 0.3) is 16.6 Å². The van der Waals surface area contributed by atoms with Gasteiger partial charge in [0.05, 0.1) is 23.6 Å². The van der Waals surface area contributed by atoms with Gasteiger partial charge in [-0.15, -0.1) is 0 Å². The molecule has 2 aromatic rings. The molecule has 26 heavy (non-hydrogen) atoms. The zero-order valence-corrected chi connectivity index (χ0v) is 15.5. The fourth-order valence-corrected chi connectivity index (χ4v) is 3.22. The highest BCUT2D eigenvalue weighted by atomic mass is 16.5. The van der Waals surface area contributed by atoms with Gasteiger partial charge in [-0.05, 0) is 50.1 Å². The number of phenols is 1. The van der Waals surface area contributed by atoms with Gasteiger partial charge in [-0.3, -0.25) is 4.79 Å². The summed E-state index contributed by atoms with van der Waals surface area (Å²) in [4.78, 5) is 17.0. The third-order valence-corrected chi connectivity index (χ3v) is 4.99. The van der Waals surface area contributed by atoms with E-state index in [9.17, 15) is 9.90 Å². The van der Waals surface area contributed by atoms with E-state index < -0.39 is 0 Å². The predicted molar refractivity (Wildman–Crippen MR) is 103 cm³/mol. The molecule has 6 nitrogen and oxygen atoms in total. The number of nitrogens with one attached hydrogen (secondary N) is 2. The Morgan fingerprint density at radius 2 is 2.19 bits per heavy atom. The van der Waals surface area contributed by atoms with E-state index in [-0.39, 0.29) is 5.75 Å². The van der Waals surface area contributed by atoms with Crippen LogP contribution in [0, 0.1) is 0 Å². The number of carbonyl (C=O) groups is 1. The van der Waals surface area contributed by atoms with E-state index in [0.717, 1.165) is 61.4 Å². The second-order valence-electron chi connectivity index (χ2n) is 6.82. The van der Waals surface area contributed by atoms with Crippen molar-refractivity contribution in [2.24, 2.45) is 0 Å². The summed E-state index contributed by atoms with van der Waals surface area (Å²) in [5.41, 5.74) is 4.71. The first-order valence-corrected chi connectivity index (χ1v) is 9.07. The summed E-state index contributed by atoms with van der Waals surface area (Å²) >= 11 is 0. The van der Waals surface area contributed by atoms with Crippen molar-refractivity contribution >= 4 is 22.9 Å². The molecule has 0 spiro atoms. The van der Waals surface area contributed by atoms with Crippen LogP contribution in [-0.4, -0.2) is 61.7 Å². The number of likely N-dealkylation sites (N-methyl/N-ethyl adjacent to an activating group) is 1. The monoisotopic (exact) mass is 357 g/mol. The summed E-state index contributed by atoms with van der Waals surface area (Å²) in [7, 11) is 3.80. The van der Waals surface area contributed by atoms with Crippen LogP contribution < -0.4 is 5.32 Å². The van der Waals surface area contributed by atoms with Gasteiger partial charge in [-0.1, -0.05) is 0 Å². The minimum atomic E-state index is 0.0172. The molecule has 140 valence electrons. The number of allylic oxidation sites excluding steroid dienone is 1. The largest absolute Gasteiger partial charge is 0.507 e.